The minimum Gasteiger partial charge on any atom is -1.00 e. The van der Waals surface area contributed by atoms with E-state index in [1.807, 2.05) is 0 Å². The molecule has 0 amide bonds. The fourth-order valence-electron chi connectivity index (χ4n) is 0. The number of rotatable bonds is 0. The summed E-state index contributed by atoms with van der Waals surface area (Å²) in [6, 6.07) is 0. The number of aliphatic hydroxyl groups excluding tert-OH is 2. The topological polar surface area (TPSA) is 433 Å². The van der Waals surface area contributed by atoms with E-state index in [-0.39, 0.29) is 261 Å². The molecule has 18 nitrogen and oxygen atoms in total. The number of hydrogen-bond acceptors (Lipinski definition) is 16. The average Bonchev–Trinajstić information content (AvgIpc) is 2.23. The Kier molecular flexibility index (Phi) is 1210. The van der Waals surface area contributed by atoms with Gasteiger partial charge in [0.1, 0.15) is 0 Å². The molecular formula is C6H22Ba4CuO18-6. The monoisotopic (exact) mass is 997 g/mol. The summed E-state index contributed by atoms with van der Waals surface area (Å²) < 4.78 is 0. The van der Waals surface area contributed by atoms with E-state index in [0.717, 1.165) is 0 Å². The summed E-state index contributed by atoms with van der Waals surface area (Å²) in [5.74, 6) is 0. The third kappa shape index (κ3) is 1200. The molecule has 179 valence electrons. The molecule has 0 atom stereocenters. The molecule has 0 aromatic heterocycles. The van der Waals surface area contributed by atoms with Crippen LogP contribution in [0.2, 0.25) is 0 Å². The van der Waals surface area contributed by atoms with Gasteiger partial charge in [-0.1, -0.05) is 0 Å². The van der Waals surface area contributed by atoms with Crippen molar-refractivity contribution >= 4 is 208 Å². The van der Waals surface area contributed by atoms with Crippen LogP contribution in [0.15, 0.2) is 0 Å². The molecule has 1 radical (unpaired) electrons. The Balaban J connectivity index is -0.00000000303. The summed E-state index contributed by atoms with van der Waals surface area (Å²) in [4.78, 5) is 16.7. The first kappa shape index (κ1) is 127. The second-order valence-corrected chi connectivity index (χ2v) is 0.705. The number of hydrogen-bond donors (Lipinski definition) is 4. The van der Waals surface area contributed by atoms with Gasteiger partial charge >= 0.3 is 196 Å². The van der Waals surface area contributed by atoms with Crippen LogP contribution in [0.3, 0.4) is 0 Å². The van der Waals surface area contributed by atoms with E-state index in [1.165, 1.54) is 0 Å². The normalized spacial score (nSPS) is 3.31. The minimum absolute atomic E-state index is 0. The van der Waals surface area contributed by atoms with Gasteiger partial charge in [0.15, 0.2) is 0 Å². The molecule has 29 heavy (non-hydrogen) atoms. The smallest absolute Gasteiger partial charge is 1.00 e. The summed E-state index contributed by atoms with van der Waals surface area (Å²) in [5, 5.41) is 78.3. The van der Waals surface area contributed by atoms with E-state index in [4.69, 9.17) is 60.7 Å². The van der Waals surface area contributed by atoms with Crippen LogP contribution in [0, 0.1) is 0 Å². The van der Waals surface area contributed by atoms with Gasteiger partial charge in [-0.25, -0.2) is 13.6 Å². The number of carbonyl (C=O) groups is 2. The first-order valence-corrected chi connectivity index (χ1v) is 3.35. The van der Waals surface area contributed by atoms with Crippen molar-refractivity contribution in [1.29, 1.82) is 0 Å². The van der Waals surface area contributed by atoms with Crippen LogP contribution in [-0.4, -0.2) is 289 Å². The molecule has 23 heteroatoms. The van der Waals surface area contributed by atoms with Gasteiger partial charge in [-0.3, -0.25) is 9.59 Å². The van der Waals surface area contributed by atoms with E-state index >= 15 is 0 Å². The minimum atomic E-state index is -1.25. The first-order chi connectivity index (χ1) is 8.49. The molecule has 0 heterocycles. The predicted octanol–water partition coefficient (Wildman–Crippen LogP) is -11.0. The Morgan fingerprint density at radius 3 is 0.552 bits per heavy atom. The zero-order chi connectivity index (χ0) is 16.2. The molecule has 0 bridgehead atoms. The van der Waals surface area contributed by atoms with Crippen molar-refractivity contribution in [2.45, 2.75) is 0 Å². The maximum Gasteiger partial charge on any atom is 2.00 e. The van der Waals surface area contributed by atoms with Crippen molar-refractivity contribution in [3.8, 4) is 0 Å². The summed E-state index contributed by atoms with van der Waals surface area (Å²) in [6.07, 6.45) is 0. The van der Waals surface area contributed by atoms with Gasteiger partial charge in [0, 0.05) is 17.1 Å². The van der Waals surface area contributed by atoms with Crippen molar-refractivity contribution in [2.24, 2.45) is 0 Å². The van der Waals surface area contributed by atoms with Crippen LogP contribution in [0.25, 0.3) is 0 Å². The second kappa shape index (κ2) is 275. The number of aliphatic hydroxyl groups is 2. The molecule has 10 N–H and O–H groups in total. The first-order valence-electron chi connectivity index (χ1n) is 3.35. The largest absolute Gasteiger partial charge is 2.00 e. The van der Waals surface area contributed by atoms with Crippen LogP contribution in [0.4, 0.5) is 0 Å². The fraction of sp³-hybridized carbons (Fsp3) is 0.667. The summed E-state index contributed by atoms with van der Waals surface area (Å²) >= 11 is 0. The van der Waals surface area contributed by atoms with Crippen molar-refractivity contribution in [3.05, 3.63) is 0 Å². The van der Waals surface area contributed by atoms with Gasteiger partial charge in [0.2, 0.25) is 0 Å². The molecule has 0 rings (SSSR count). The van der Waals surface area contributed by atoms with E-state index < -0.39 is 27.2 Å². The van der Waals surface area contributed by atoms with Crippen LogP contribution in [0.5, 0.6) is 0 Å². The Morgan fingerprint density at radius 2 is 0.552 bits per heavy atom. The molecule has 0 saturated carbocycles. The molecule has 0 aromatic rings. The Labute approximate surface area is 341 Å². The summed E-state index contributed by atoms with van der Waals surface area (Å²) in [5.41, 5.74) is 0. The Morgan fingerprint density at radius 1 is 0.552 bits per heavy atom. The molecule has 0 aliphatic heterocycles. The van der Waals surface area contributed by atoms with Gasteiger partial charge in [-0.05, 0) is 13.6 Å². The van der Waals surface area contributed by atoms with E-state index in [2.05, 4.69) is 0 Å². The third-order valence-corrected chi connectivity index (χ3v) is 0. The van der Waals surface area contributed by atoms with Crippen LogP contribution in [0.1, 0.15) is 2.85 Å². The fourth-order valence-corrected chi connectivity index (χ4v) is 0. The third-order valence-electron chi connectivity index (χ3n) is 0. The van der Waals surface area contributed by atoms with E-state index in [0.29, 0.717) is 0 Å². The van der Waals surface area contributed by atoms with Gasteiger partial charge in [-0.2, -0.15) is 0 Å². The molecular weight excluding hydrogens is 973 g/mol. The van der Waals surface area contributed by atoms with Crippen molar-refractivity contribution in [3.63, 3.8) is 0 Å². The zero-order valence-corrected chi connectivity index (χ0v) is 33.6. The zero-order valence-electron chi connectivity index (χ0n) is 16.9. The molecule has 0 spiro atoms. The van der Waals surface area contributed by atoms with Crippen LogP contribution < -0.4 is 30.6 Å². The quantitative estimate of drug-likeness (QED) is 0.0994. The Hall–Kier alpha value is 5.19. The van der Waals surface area contributed by atoms with Crippen molar-refractivity contribution in [1.82, 2.24) is 0 Å². The standard InChI is InChI=1S/2CH3O2.4CH2O2.4Ba.Cu.6H2O.2H/c6*2-1-3;;;;;;;;;;;;;/h2*2H,1H2;2*1H2;2*1H,(H,2,3);;;;;;6*1H2;;/q2*-1;2*-2;;;4*+2;;;;;;;;2*-1/p-6. The van der Waals surface area contributed by atoms with Gasteiger partial charge in [0.25, 0.3) is 12.9 Å². The van der Waals surface area contributed by atoms with Crippen LogP contribution >= 0.6 is 0 Å². The van der Waals surface area contributed by atoms with Crippen LogP contribution in [-0.2, 0) is 26.7 Å². The Bertz CT molecular complexity index is 101. The molecule has 0 aliphatic carbocycles. The predicted molar refractivity (Wildman–Crippen MR) is 78.1 cm³/mol. The van der Waals surface area contributed by atoms with Crippen molar-refractivity contribution < 1.29 is 113 Å². The van der Waals surface area contributed by atoms with Crippen molar-refractivity contribution in [2.75, 3.05) is 27.2 Å². The maximum absolute atomic E-state index is 8.49. The second-order valence-electron chi connectivity index (χ2n) is 0.705. The van der Waals surface area contributed by atoms with E-state index in [1.54, 1.807) is 0 Å². The van der Waals surface area contributed by atoms with Gasteiger partial charge in [-0.15, -0.1) is 0 Å². The molecule has 0 fully saturated rings. The van der Waals surface area contributed by atoms with E-state index in [9.17, 15) is 0 Å². The average molecular weight is 995 g/mol. The van der Waals surface area contributed by atoms with Gasteiger partial charge < -0.3 is 86.8 Å². The van der Waals surface area contributed by atoms with Gasteiger partial charge in [0.05, 0.1) is 0 Å². The summed E-state index contributed by atoms with van der Waals surface area (Å²) in [7, 11) is 0. The molecule has 0 saturated heterocycles. The number of carboxylic acid groups (broad SMARTS) is 2. The molecule has 0 unspecified atom stereocenters. The maximum atomic E-state index is 8.49. The molecule has 0 aliphatic rings. The summed E-state index contributed by atoms with van der Waals surface area (Å²) in [6.45, 7) is -5.00. The molecule has 0 aromatic carbocycles. The SMILES string of the molecule is O=CO.O=CO.[Ba+2].[Ba+2].[Ba+2].[Ba+2].[Cu].[H-].[H-].[O-]CO.[O-]CO.[O-]C[O-].[O-]C[O-].[OH-].[OH-].[OH-].[OH-].[OH-].[OH-].